The lowest BCUT2D eigenvalue weighted by molar-refractivity contribution is 0.0600. The van der Waals surface area contributed by atoms with Gasteiger partial charge in [0, 0.05) is 11.3 Å². The number of carbonyl (C=O) groups is 4. The maximum absolute atomic E-state index is 12.3. The molecule has 0 atom stereocenters. The summed E-state index contributed by atoms with van der Waals surface area (Å²) >= 11 is 0. The standard InChI is InChI=1S/C17H12N2O5/c1-24-17(23)10-4-2-3-9(7-10)14(20)18-11-5-6-12-13(8-11)16(22)19-15(12)21/h2-8H,1H3,(H,18,20)(H,19,21,22). The Morgan fingerprint density at radius 1 is 0.958 bits per heavy atom. The Bertz CT molecular complexity index is 888. The van der Waals surface area contributed by atoms with Crippen molar-refractivity contribution >= 4 is 29.4 Å². The first-order valence-electron chi connectivity index (χ1n) is 6.99. The molecule has 2 N–H and O–H groups in total. The number of benzene rings is 2. The fourth-order valence-electron chi connectivity index (χ4n) is 2.35. The number of hydrogen-bond donors (Lipinski definition) is 2. The van der Waals surface area contributed by atoms with Gasteiger partial charge in [-0.3, -0.25) is 19.7 Å². The number of esters is 1. The quantitative estimate of drug-likeness (QED) is 0.660. The topological polar surface area (TPSA) is 102 Å². The van der Waals surface area contributed by atoms with Crippen molar-refractivity contribution < 1.29 is 23.9 Å². The van der Waals surface area contributed by atoms with Crippen LogP contribution in [0.2, 0.25) is 0 Å². The van der Waals surface area contributed by atoms with E-state index >= 15 is 0 Å². The summed E-state index contributed by atoms with van der Waals surface area (Å²) in [6, 6.07) is 10.5. The third-order valence-corrected chi connectivity index (χ3v) is 3.54. The summed E-state index contributed by atoms with van der Waals surface area (Å²) in [5.74, 6) is -1.96. The van der Waals surface area contributed by atoms with E-state index in [1.165, 1.54) is 37.4 Å². The van der Waals surface area contributed by atoms with Crippen LogP contribution >= 0.6 is 0 Å². The summed E-state index contributed by atoms with van der Waals surface area (Å²) in [6.45, 7) is 0. The molecule has 0 bridgehead atoms. The van der Waals surface area contributed by atoms with Gasteiger partial charge in [0.2, 0.25) is 0 Å². The molecule has 2 aromatic rings. The van der Waals surface area contributed by atoms with E-state index < -0.39 is 23.7 Å². The zero-order valence-corrected chi connectivity index (χ0v) is 12.6. The van der Waals surface area contributed by atoms with Gasteiger partial charge in [-0.25, -0.2) is 4.79 Å². The minimum Gasteiger partial charge on any atom is -0.465 e. The highest BCUT2D eigenvalue weighted by atomic mass is 16.5. The molecule has 1 heterocycles. The normalized spacial score (nSPS) is 12.4. The molecule has 3 rings (SSSR count). The SMILES string of the molecule is COC(=O)c1cccc(C(=O)Nc2ccc3c(c2)C(=O)NC3=O)c1. The molecule has 120 valence electrons. The van der Waals surface area contributed by atoms with Crippen molar-refractivity contribution in [1.29, 1.82) is 0 Å². The van der Waals surface area contributed by atoms with Gasteiger partial charge in [0.1, 0.15) is 0 Å². The molecule has 3 amide bonds. The fraction of sp³-hybridized carbons (Fsp3) is 0.0588. The Morgan fingerprint density at radius 2 is 1.67 bits per heavy atom. The molecular weight excluding hydrogens is 312 g/mol. The maximum Gasteiger partial charge on any atom is 0.337 e. The van der Waals surface area contributed by atoms with Gasteiger partial charge in [0.05, 0.1) is 23.8 Å². The number of nitrogens with one attached hydrogen (secondary N) is 2. The predicted molar refractivity (Wildman–Crippen MR) is 84.0 cm³/mol. The van der Waals surface area contributed by atoms with Crippen LogP contribution in [0.1, 0.15) is 41.4 Å². The molecule has 0 fully saturated rings. The minimum atomic E-state index is -0.544. The molecule has 1 aliphatic rings. The summed E-state index contributed by atoms with van der Waals surface area (Å²) in [4.78, 5) is 46.9. The van der Waals surface area contributed by atoms with E-state index in [9.17, 15) is 19.2 Å². The van der Waals surface area contributed by atoms with Crippen LogP contribution in [0.15, 0.2) is 42.5 Å². The molecule has 7 nitrogen and oxygen atoms in total. The maximum atomic E-state index is 12.3. The van der Waals surface area contributed by atoms with Crippen LogP contribution in [0.4, 0.5) is 5.69 Å². The molecular formula is C17H12N2O5. The van der Waals surface area contributed by atoms with E-state index in [1.807, 2.05) is 0 Å². The number of rotatable bonds is 3. The number of hydrogen-bond acceptors (Lipinski definition) is 5. The fourth-order valence-corrected chi connectivity index (χ4v) is 2.35. The summed E-state index contributed by atoms with van der Waals surface area (Å²) < 4.78 is 4.61. The van der Waals surface area contributed by atoms with Crippen molar-refractivity contribution in [1.82, 2.24) is 5.32 Å². The van der Waals surface area contributed by atoms with Crippen LogP contribution in [-0.4, -0.2) is 30.8 Å². The monoisotopic (exact) mass is 324 g/mol. The van der Waals surface area contributed by atoms with Gasteiger partial charge in [0.25, 0.3) is 17.7 Å². The van der Waals surface area contributed by atoms with Crippen LogP contribution in [0.3, 0.4) is 0 Å². The first-order chi connectivity index (χ1) is 11.5. The first-order valence-corrected chi connectivity index (χ1v) is 6.99. The molecule has 0 saturated carbocycles. The van der Waals surface area contributed by atoms with Gasteiger partial charge in [-0.2, -0.15) is 0 Å². The van der Waals surface area contributed by atoms with E-state index in [0.29, 0.717) is 5.69 Å². The van der Waals surface area contributed by atoms with Gasteiger partial charge in [-0.15, -0.1) is 0 Å². The summed E-state index contributed by atoms with van der Waals surface area (Å²) in [5, 5.41) is 4.80. The highest BCUT2D eigenvalue weighted by Crippen LogP contribution is 2.21. The Balaban J connectivity index is 1.83. The third kappa shape index (κ3) is 2.74. The van der Waals surface area contributed by atoms with Gasteiger partial charge in [-0.05, 0) is 36.4 Å². The summed E-state index contributed by atoms with van der Waals surface area (Å²) in [6.07, 6.45) is 0. The van der Waals surface area contributed by atoms with E-state index in [0.717, 1.165) is 0 Å². The Morgan fingerprint density at radius 3 is 2.42 bits per heavy atom. The van der Waals surface area contributed by atoms with Crippen molar-refractivity contribution in [3.8, 4) is 0 Å². The van der Waals surface area contributed by atoms with Gasteiger partial charge in [0.15, 0.2) is 0 Å². The minimum absolute atomic E-state index is 0.209. The lowest BCUT2D eigenvalue weighted by Crippen LogP contribution is -2.19. The molecule has 1 aliphatic heterocycles. The zero-order chi connectivity index (χ0) is 17.3. The Hall–Kier alpha value is -3.48. The average molecular weight is 324 g/mol. The largest absolute Gasteiger partial charge is 0.465 e. The molecule has 0 unspecified atom stereocenters. The molecule has 0 spiro atoms. The second-order valence-electron chi connectivity index (χ2n) is 5.07. The number of anilines is 1. The van der Waals surface area contributed by atoms with Crippen LogP contribution < -0.4 is 10.6 Å². The van der Waals surface area contributed by atoms with Gasteiger partial charge >= 0.3 is 5.97 Å². The number of fused-ring (bicyclic) bond motifs is 1. The van der Waals surface area contributed by atoms with Crippen LogP contribution in [-0.2, 0) is 4.74 Å². The molecule has 0 aromatic heterocycles. The van der Waals surface area contributed by atoms with Crippen molar-refractivity contribution in [2.45, 2.75) is 0 Å². The molecule has 24 heavy (non-hydrogen) atoms. The second-order valence-corrected chi connectivity index (χ2v) is 5.07. The smallest absolute Gasteiger partial charge is 0.337 e. The Labute approximate surface area is 136 Å². The third-order valence-electron chi connectivity index (χ3n) is 3.54. The first kappa shape index (κ1) is 15.4. The van der Waals surface area contributed by atoms with E-state index in [1.54, 1.807) is 12.1 Å². The summed E-state index contributed by atoms with van der Waals surface area (Å²) in [5.41, 5.74) is 1.36. The molecule has 7 heteroatoms. The van der Waals surface area contributed by atoms with Gasteiger partial charge in [-0.1, -0.05) is 6.07 Å². The molecule has 0 aliphatic carbocycles. The Kier molecular flexibility index (Phi) is 3.83. The molecule has 0 saturated heterocycles. The average Bonchev–Trinajstić information content (AvgIpc) is 2.88. The van der Waals surface area contributed by atoms with E-state index in [4.69, 9.17) is 0 Å². The lowest BCUT2D eigenvalue weighted by Gasteiger charge is -2.07. The molecule has 2 aromatic carbocycles. The lowest BCUT2D eigenvalue weighted by atomic mass is 10.1. The van der Waals surface area contributed by atoms with Crippen LogP contribution in [0.25, 0.3) is 0 Å². The van der Waals surface area contributed by atoms with Crippen molar-refractivity contribution in [3.63, 3.8) is 0 Å². The highest BCUT2D eigenvalue weighted by Gasteiger charge is 2.26. The van der Waals surface area contributed by atoms with Crippen LogP contribution in [0, 0.1) is 0 Å². The number of ether oxygens (including phenoxy) is 1. The van der Waals surface area contributed by atoms with Crippen molar-refractivity contribution in [2.75, 3.05) is 12.4 Å². The second kappa shape index (κ2) is 5.96. The van der Waals surface area contributed by atoms with Gasteiger partial charge < -0.3 is 10.1 Å². The number of imide groups is 1. The van der Waals surface area contributed by atoms with E-state index in [-0.39, 0.29) is 22.3 Å². The van der Waals surface area contributed by atoms with Crippen molar-refractivity contribution in [3.05, 3.63) is 64.7 Å². The van der Waals surface area contributed by atoms with E-state index in [2.05, 4.69) is 15.4 Å². The number of methoxy groups -OCH3 is 1. The molecule has 0 radical (unpaired) electrons. The summed E-state index contributed by atoms with van der Waals surface area (Å²) in [7, 11) is 1.26. The zero-order valence-electron chi connectivity index (χ0n) is 12.6. The van der Waals surface area contributed by atoms with Crippen LogP contribution in [0.5, 0.6) is 0 Å². The highest BCUT2D eigenvalue weighted by molar-refractivity contribution is 6.22. The predicted octanol–water partition coefficient (Wildman–Crippen LogP) is 1.61. The number of amides is 3. The number of carbonyl (C=O) groups excluding carboxylic acids is 4. The van der Waals surface area contributed by atoms with Crippen molar-refractivity contribution in [2.24, 2.45) is 0 Å².